The standard InChI is InChI=1S/C23H20ClF3N4O5/c1-11(2)19(21(33)34)30-20(32)18-10-16(31-36-18)12-3-6-14(7-4-12)28-22(35)29-17-9-13(23(25,26)27)5-8-15(17)24/h3-11,19H,1-2H3,(H,30,32)(H,33,34)(H2,28,29,35). The summed E-state index contributed by atoms with van der Waals surface area (Å²) in [4.78, 5) is 35.8. The third-order valence-corrected chi connectivity index (χ3v) is 5.26. The molecule has 0 saturated carbocycles. The minimum absolute atomic E-state index is 0.0672. The summed E-state index contributed by atoms with van der Waals surface area (Å²) >= 11 is 5.88. The lowest BCUT2D eigenvalue weighted by Crippen LogP contribution is -2.44. The molecule has 4 N–H and O–H groups in total. The van der Waals surface area contributed by atoms with Crippen molar-refractivity contribution in [3.63, 3.8) is 0 Å². The fourth-order valence-corrected chi connectivity index (χ4v) is 3.22. The maximum absolute atomic E-state index is 12.9. The normalized spacial score (nSPS) is 12.2. The molecule has 0 saturated heterocycles. The lowest BCUT2D eigenvalue weighted by Gasteiger charge is -2.16. The van der Waals surface area contributed by atoms with Gasteiger partial charge in [0.05, 0.1) is 16.3 Å². The highest BCUT2D eigenvalue weighted by Crippen LogP contribution is 2.34. The number of nitrogens with zero attached hydrogens (tertiary/aromatic N) is 1. The molecular formula is C23H20ClF3N4O5. The van der Waals surface area contributed by atoms with Crippen LogP contribution in [0.5, 0.6) is 0 Å². The highest BCUT2D eigenvalue weighted by Gasteiger charge is 2.31. The Balaban J connectivity index is 1.65. The maximum atomic E-state index is 12.9. The zero-order chi connectivity index (χ0) is 26.6. The van der Waals surface area contributed by atoms with Gasteiger partial charge in [-0.15, -0.1) is 0 Å². The monoisotopic (exact) mass is 524 g/mol. The molecule has 1 atom stereocenters. The van der Waals surface area contributed by atoms with Crippen molar-refractivity contribution in [1.29, 1.82) is 0 Å². The van der Waals surface area contributed by atoms with Crippen molar-refractivity contribution < 1.29 is 37.2 Å². The first-order valence-corrected chi connectivity index (χ1v) is 10.8. The van der Waals surface area contributed by atoms with E-state index in [2.05, 4.69) is 21.1 Å². The highest BCUT2D eigenvalue weighted by molar-refractivity contribution is 6.33. The summed E-state index contributed by atoms with van der Waals surface area (Å²) in [6, 6.07) is 8.08. The van der Waals surface area contributed by atoms with Gasteiger partial charge in [0.2, 0.25) is 5.76 Å². The van der Waals surface area contributed by atoms with Crippen LogP contribution in [0.2, 0.25) is 5.02 Å². The molecule has 190 valence electrons. The Morgan fingerprint density at radius 2 is 1.69 bits per heavy atom. The van der Waals surface area contributed by atoms with E-state index in [0.717, 1.165) is 18.2 Å². The molecule has 1 aromatic heterocycles. The topological polar surface area (TPSA) is 134 Å². The van der Waals surface area contributed by atoms with Gasteiger partial charge in [-0.25, -0.2) is 9.59 Å². The molecule has 0 bridgehead atoms. The van der Waals surface area contributed by atoms with E-state index in [-0.39, 0.29) is 28.1 Å². The smallest absolute Gasteiger partial charge is 0.416 e. The quantitative estimate of drug-likeness (QED) is 0.322. The number of alkyl halides is 3. The molecule has 1 unspecified atom stereocenters. The Kier molecular flexibility index (Phi) is 7.88. The number of hydrogen-bond donors (Lipinski definition) is 4. The predicted molar refractivity (Wildman–Crippen MR) is 125 cm³/mol. The van der Waals surface area contributed by atoms with Crippen molar-refractivity contribution in [2.24, 2.45) is 5.92 Å². The average molecular weight is 525 g/mol. The second kappa shape index (κ2) is 10.7. The van der Waals surface area contributed by atoms with Crippen molar-refractivity contribution in [3.8, 4) is 11.3 Å². The van der Waals surface area contributed by atoms with Gasteiger partial charge in [0.15, 0.2) is 0 Å². The SMILES string of the molecule is CC(C)C(NC(=O)c1cc(-c2ccc(NC(=O)Nc3cc(C(F)(F)F)ccc3Cl)cc2)no1)C(=O)O. The maximum Gasteiger partial charge on any atom is 0.416 e. The number of carbonyl (C=O) groups excluding carboxylic acids is 2. The molecule has 0 aliphatic rings. The fourth-order valence-electron chi connectivity index (χ4n) is 3.05. The third kappa shape index (κ3) is 6.54. The van der Waals surface area contributed by atoms with Crippen LogP contribution in [-0.2, 0) is 11.0 Å². The van der Waals surface area contributed by atoms with Crippen LogP contribution in [0, 0.1) is 5.92 Å². The highest BCUT2D eigenvalue weighted by atomic mass is 35.5. The van der Waals surface area contributed by atoms with Crippen molar-refractivity contribution in [3.05, 3.63) is 64.9 Å². The van der Waals surface area contributed by atoms with Crippen LogP contribution in [0.25, 0.3) is 11.3 Å². The minimum Gasteiger partial charge on any atom is -0.480 e. The van der Waals surface area contributed by atoms with Gasteiger partial charge in [-0.3, -0.25) is 4.79 Å². The Morgan fingerprint density at radius 1 is 1.03 bits per heavy atom. The molecule has 0 aliphatic heterocycles. The molecule has 9 nitrogen and oxygen atoms in total. The van der Waals surface area contributed by atoms with Gasteiger partial charge in [-0.05, 0) is 36.2 Å². The van der Waals surface area contributed by atoms with Crippen LogP contribution in [0.3, 0.4) is 0 Å². The summed E-state index contributed by atoms with van der Waals surface area (Å²) in [6.07, 6.45) is -4.60. The minimum atomic E-state index is -4.60. The number of halogens is 4. The molecule has 3 aromatic rings. The lowest BCUT2D eigenvalue weighted by atomic mass is 10.0. The number of nitrogens with one attached hydrogen (secondary N) is 3. The molecule has 0 radical (unpaired) electrons. The van der Waals surface area contributed by atoms with Crippen molar-refractivity contribution in [2.45, 2.75) is 26.1 Å². The number of rotatable bonds is 7. The first-order valence-electron chi connectivity index (χ1n) is 10.4. The summed E-state index contributed by atoms with van der Waals surface area (Å²) < 4.78 is 43.7. The largest absolute Gasteiger partial charge is 0.480 e. The summed E-state index contributed by atoms with van der Waals surface area (Å²) in [5.74, 6) is -2.45. The molecule has 36 heavy (non-hydrogen) atoms. The number of carbonyl (C=O) groups is 3. The van der Waals surface area contributed by atoms with Crippen LogP contribution in [0.15, 0.2) is 53.1 Å². The number of urea groups is 1. The van der Waals surface area contributed by atoms with E-state index in [0.29, 0.717) is 11.3 Å². The first-order chi connectivity index (χ1) is 16.8. The summed E-state index contributed by atoms with van der Waals surface area (Å²) in [6.45, 7) is 3.30. The van der Waals surface area contributed by atoms with E-state index < -0.39 is 35.7 Å². The van der Waals surface area contributed by atoms with Gasteiger partial charge >= 0.3 is 18.2 Å². The number of carboxylic acids is 1. The van der Waals surface area contributed by atoms with Crippen LogP contribution >= 0.6 is 11.6 Å². The van der Waals surface area contributed by atoms with Gasteiger partial charge in [0, 0.05) is 17.3 Å². The average Bonchev–Trinajstić information content (AvgIpc) is 3.28. The number of aromatic nitrogens is 1. The molecule has 2 aromatic carbocycles. The Morgan fingerprint density at radius 3 is 2.28 bits per heavy atom. The van der Waals surface area contributed by atoms with Crippen molar-refractivity contribution in [2.75, 3.05) is 10.6 Å². The second-order valence-corrected chi connectivity index (χ2v) is 8.37. The summed E-state index contributed by atoms with van der Waals surface area (Å²) in [5, 5.41) is 20.0. The zero-order valence-corrected chi connectivity index (χ0v) is 19.6. The van der Waals surface area contributed by atoms with Crippen LogP contribution in [0.1, 0.15) is 30.0 Å². The van der Waals surface area contributed by atoms with Gasteiger partial charge in [-0.1, -0.05) is 42.7 Å². The Hall–Kier alpha value is -4.06. The van der Waals surface area contributed by atoms with E-state index in [1.807, 2.05) is 0 Å². The number of amides is 3. The van der Waals surface area contributed by atoms with Crippen molar-refractivity contribution >= 4 is 40.9 Å². The number of benzene rings is 2. The molecule has 13 heteroatoms. The lowest BCUT2D eigenvalue weighted by molar-refractivity contribution is -0.140. The van der Waals surface area contributed by atoms with Gasteiger partial charge in [0.25, 0.3) is 5.91 Å². The molecule has 3 amide bonds. The van der Waals surface area contributed by atoms with Gasteiger partial charge in [0.1, 0.15) is 11.7 Å². The van der Waals surface area contributed by atoms with Gasteiger partial charge < -0.3 is 25.6 Å². The first kappa shape index (κ1) is 26.5. The third-order valence-electron chi connectivity index (χ3n) is 4.93. The summed E-state index contributed by atoms with van der Waals surface area (Å²) in [5.41, 5.74) is -0.0692. The van der Waals surface area contributed by atoms with E-state index in [4.69, 9.17) is 16.1 Å². The molecule has 0 fully saturated rings. The van der Waals surface area contributed by atoms with Gasteiger partial charge in [-0.2, -0.15) is 13.2 Å². The molecule has 0 spiro atoms. The summed E-state index contributed by atoms with van der Waals surface area (Å²) in [7, 11) is 0. The van der Waals surface area contributed by atoms with Crippen LogP contribution in [-0.4, -0.2) is 34.2 Å². The fraction of sp³-hybridized carbons (Fsp3) is 0.217. The Labute approximate surface area is 207 Å². The predicted octanol–water partition coefficient (Wildman–Crippen LogP) is 5.50. The molecule has 3 rings (SSSR count). The Bertz CT molecular complexity index is 1280. The number of aliphatic carboxylic acids is 1. The molecular weight excluding hydrogens is 505 g/mol. The van der Waals surface area contributed by atoms with Crippen molar-refractivity contribution in [1.82, 2.24) is 10.5 Å². The number of carboxylic acid groups (broad SMARTS) is 1. The van der Waals surface area contributed by atoms with E-state index >= 15 is 0 Å². The van der Waals surface area contributed by atoms with E-state index in [9.17, 15) is 32.7 Å². The second-order valence-electron chi connectivity index (χ2n) is 7.96. The van der Waals surface area contributed by atoms with E-state index in [1.54, 1.807) is 26.0 Å². The zero-order valence-electron chi connectivity index (χ0n) is 18.8. The van der Waals surface area contributed by atoms with Crippen LogP contribution < -0.4 is 16.0 Å². The van der Waals surface area contributed by atoms with Crippen LogP contribution in [0.4, 0.5) is 29.3 Å². The number of anilines is 2. The van der Waals surface area contributed by atoms with E-state index in [1.165, 1.54) is 18.2 Å². The number of hydrogen-bond acceptors (Lipinski definition) is 5. The molecule has 1 heterocycles. The molecule has 0 aliphatic carbocycles.